The van der Waals surface area contributed by atoms with Gasteiger partial charge in [0.2, 0.25) is 5.13 Å². The topological polar surface area (TPSA) is 75.7 Å². The quantitative estimate of drug-likeness (QED) is 0.813. The number of aromatic nitrogens is 4. The zero-order valence-electron chi connectivity index (χ0n) is 9.86. The van der Waals surface area contributed by atoms with Gasteiger partial charge in [-0.25, -0.2) is 9.97 Å². The first kappa shape index (κ1) is 12.0. The van der Waals surface area contributed by atoms with E-state index >= 15 is 0 Å². The minimum absolute atomic E-state index is 0.632. The molecule has 2 rings (SSSR count). The van der Waals surface area contributed by atoms with Crippen molar-refractivity contribution in [3.8, 4) is 0 Å². The Morgan fingerprint density at radius 1 is 1.53 bits per heavy atom. The van der Waals surface area contributed by atoms with Gasteiger partial charge in [0.25, 0.3) is 0 Å². The Balaban J connectivity index is 1.84. The summed E-state index contributed by atoms with van der Waals surface area (Å²) in [4.78, 5) is 11.7. The number of nitrogens with one attached hydrogen (secondary N) is 2. The van der Waals surface area contributed by atoms with E-state index in [-0.39, 0.29) is 0 Å². The van der Waals surface area contributed by atoms with Crippen molar-refractivity contribution >= 4 is 16.7 Å². The van der Waals surface area contributed by atoms with E-state index in [1.54, 1.807) is 13.3 Å². The van der Waals surface area contributed by atoms with Gasteiger partial charge in [0.05, 0.1) is 13.2 Å². The van der Waals surface area contributed by atoms with Gasteiger partial charge in [-0.15, -0.1) is 0 Å². The molecular weight excluding hydrogens is 238 g/mol. The van der Waals surface area contributed by atoms with Gasteiger partial charge in [0.15, 0.2) is 0 Å². The minimum atomic E-state index is 0.632. The summed E-state index contributed by atoms with van der Waals surface area (Å²) < 4.78 is 9.20. The van der Waals surface area contributed by atoms with Gasteiger partial charge in [0, 0.05) is 37.0 Å². The van der Waals surface area contributed by atoms with Crippen molar-refractivity contribution in [1.82, 2.24) is 19.3 Å². The molecule has 0 fully saturated rings. The van der Waals surface area contributed by atoms with Crippen molar-refractivity contribution in [1.29, 1.82) is 0 Å². The maximum absolute atomic E-state index is 4.98. The lowest BCUT2D eigenvalue weighted by Crippen LogP contribution is -2.01. The predicted octanol–water partition coefficient (Wildman–Crippen LogP) is 1.37. The van der Waals surface area contributed by atoms with Crippen molar-refractivity contribution in [3.05, 3.63) is 23.5 Å². The SMILES string of the molecule is COCCc1nsc(NCc2ncc(C)[nH]2)n1. The van der Waals surface area contributed by atoms with Crippen LogP contribution < -0.4 is 5.32 Å². The van der Waals surface area contributed by atoms with Crippen LogP contribution in [0.4, 0.5) is 5.13 Å². The smallest absolute Gasteiger partial charge is 0.202 e. The maximum atomic E-state index is 4.98. The lowest BCUT2D eigenvalue weighted by Gasteiger charge is -1.97. The van der Waals surface area contributed by atoms with Gasteiger partial charge in [-0.3, -0.25) is 0 Å². The molecule has 0 saturated heterocycles. The summed E-state index contributed by atoms with van der Waals surface area (Å²) in [5.41, 5.74) is 1.06. The first-order valence-corrected chi connectivity index (χ1v) is 6.11. The number of hydrogen-bond donors (Lipinski definition) is 2. The van der Waals surface area contributed by atoms with Crippen LogP contribution >= 0.6 is 11.5 Å². The molecule has 2 aromatic rings. The van der Waals surface area contributed by atoms with Crippen LogP contribution in [-0.2, 0) is 17.7 Å². The van der Waals surface area contributed by atoms with Crippen LogP contribution in [0.2, 0.25) is 0 Å². The normalized spacial score (nSPS) is 10.7. The molecule has 0 amide bonds. The number of rotatable bonds is 6. The number of nitrogens with zero attached hydrogens (tertiary/aromatic N) is 3. The van der Waals surface area contributed by atoms with Gasteiger partial charge in [0.1, 0.15) is 11.6 Å². The van der Waals surface area contributed by atoms with E-state index in [9.17, 15) is 0 Å². The molecule has 0 aromatic carbocycles. The van der Waals surface area contributed by atoms with E-state index in [1.165, 1.54) is 11.5 Å². The predicted molar refractivity (Wildman–Crippen MR) is 66.1 cm³/mol. The largest absolute Gasteiger partial charge is 0.384 e. The second-order valence-corrected chi connectivity index (χ2v) is 4.38. The van der Waals surface area contributed by atoms with Gasteiger partial charge in [-0.1, -0.05) is 0 Å². The first-order chi connectivity index (χ1) is 8.28. The summed E-state index contributed by atoms with van der Waals surface area (Å²) in [6.45, 7) is 3.25. The fourth-order valence-electron chi connectivity index (χ4n) is 1.34. The summed E-state index contributed by atoms with van der Waals surface area (Å²) in [5, 5.41) is 3.99. The number of anilines is 1. The zero-order valence-corrected chi connectivity index (χ0v) is 10.7. The molecule has 0 bridgehead atoms. The number of hydrogen-bond acceptors (Lipinski definition) is 6. The first-order valence-electron chi connectivity index (χ1n) is 5.34. The van der Waals surface area contributed by atoms with Crippen molar-refractivity contribution in [2.75, 3.05) is 19.0 Å². The van der Waals surface area contributed by atoms with E-state index in [0.29, 0.717) is 13.2 Å². The molecule has 0 aliphatic heterocycles. The molecule has 0 aliphatic rings. The fraction of sp³-hybridized carbons (Fsp3) is 0.500. The van der Waals surface area contributed by atoms with E-state index in [2.05, 4.69) is 24.6 Å². The van der Waals surface area contributed by atoms with Crippen molar-refractivity contribution < 1.29 is 4.74 Å². The lowest BCUT2D eigenvalue weighted by molar-refractivity contribution is 0.201. The van der Waals surface area contributed by atoms with Crippen LogP contribution in [0.5, 0.6) is 0 Å². The number of aromatic amines is 1. The second kappa shape index (κ2) is 5.74. The van der Waals surface area contributed by atoms with Gasteiger partial charge in [-0.05, 0) is 6.92 Å². The Labute approximate surface area is 104 Å². The third-order valence-electron chi connectivity index (χ3n) is 2.16. The third kappa shape index (κ3) is 3.50. The van der Waals surface area contributed by atoms with Crippen molar-refractivity contribution in [2.24, 2.45) is 0 Å². The molecule has 92 valence electrons. The Morgan fingerprint density at radius 2 is 2.41 bits per heavy atom. The zero-order chi connectivity index (χ0) is 12.1. The Hall–Kier alpha value is -1.47. The molecular formula is C10H15N5OS. The van der Waals surface area contributed by atoms with Crippen molar-refractivity contribution in [3.63, 3.8) is 0 Å². The van der Waals surface area contributed by atoms with Gasteiger partial charge >= 0.3 is 0 Å². The Bertz CT molecular complexity index is 467. The highest BCUT2D eigenvalue weighted by Gasteiger charge is 2.04. The Kier molecular flexibility index (Phi) is 4.05. The highest BCUT2D eigenvalue weighted by Crippen LogP contribution is 2.12. The van der Waals surface area contributed by atoms with Crippen LogP contribution in [-0.4, -0.2) is 33.0 Å². The monoisotopic (exact) mass is 253 g/mol. The van der Waals surface area contributed by atoms with E-state index < -0.39 is 0 Å². The van der Waals surface area contributed by atoms with E-state index in [4.69, 9.17) is 4.74 Å². The average molecular weight is 253 g/mol. The molecule has 2 aromatic heterocycles. The summed E-state index contributed by atoms with van der Waals surface area (Å²) in [7, 11) is 1.67. The van der Waals surface area contributed by atoms with Crippen LogP contribution in [0.1, 0.15) is 17.3 Å². The number of ether oxygens (including phenoxy) is 1. The van der Waals surface area contributed by atoms with Crippen LogP contribution in [0.15, 0.2) is 6.20 Å². The molecule has 0 radical (unpaired) electrons. The molecule has 17 heavy (non-hydrogen) atoms. The molecule has 0 saturated carbocycles. The maximum Gasteiger partial charge on any atom is 0.202 e. The number of H-pyrrole nitrogens is 1. The van der Waals surface area contributed by atoms with E-state index in [0.717, 1.165) is 28.9 Å². The lowest BCUT2D eigenvalue weighted by atomic mass is 10.4. The van der Waals surface area contributed by atoms with Crippen molar-refractivity contribution in [2.45, 2.75) is 19.9 Å². The van der Waals surface area contributed by atoms with E-state index in [1.807, 2.05) is 6.92 Å². The number of aryl methyl sites for hydroxylation is 1. The van der Waals surface area contributed by atoms with Gasteiger partial charge < -0.3 is 15.0 Å². The summed E-state index contributed by atoms with van der Waals surface area (Å²) in [6.07, 6.45) is 2.55. The number of methoxy groups -OCH3 is 1. The third-order valence-corrected chi connectivity index (χ3v) is 2.87. The molecule has 0 spiro atoms. The molecule has 2 heterocycles. The molecule has 0 atom stereocenters. The second-order valence-electron chi connectivity index (χ2n) is 3.63. The summed E-state index contributed by atoms with van der Waals surface area (Å²) >= 11 is 1.36. The number of imidazole rings is 1. The Morgan fingerprint density at radius 3 is 3.12 bits per heavy atom. The average Bonchev–Trinajstić information content (AvgIpc) is 2.93. The van der Waals surface area contributed by atoms with Crippen LogP contribution in [0.25, 0.3) is 0 Å². The van der Waals surface area contributed by atoms with Crippen LogP contribution in [0.3, 0.4) is 0 Å². The molecule has 7 heteroatoms. The standard InChI is InChI=1S/C10H15N5OS/c1-7-5-11-9(13-7)6-12-10-14-8(15-17-10)3-4-16-2/h5H,3-4,6H2,1-2H3,(H,11,13)(H,12,14,15). The molecule has 0 unspecified atom stereocenters. The summed E-state index contributed by atoms with van der Waals surface area (Å²) in [5.74, 6) is 1.71. The molecule has 2 N–H and O–H groups in total. The molecule has 6 nitrogen and oxygen atoms in total. The highest BCUT2D eigenvalue weighted by atomic mass is 32.1. The van der Waals surface area contributed by atoms with Crippen LogP contribution in [0, 0.1) is 6.92 Å². The fourth-order valence-corrected chi connectivity index (χ4v) is 1.94. The minimum Gasteiger partial charge on any atom is -0.384 e. The van der Waals surface area contributed by atoms with Gasteiger partial charge in [-0.2, -0.15) is 4.37 Å². The summed E-state index contributed by atoms with van der Waals surface area (Å²) in [6, 6.07) is 0. The highest BCUT2D eigenvalue weighted by molar-refractivity contribution is 7.09. The molecule has 0 aliphatic carbocycles.